The van der Waals surface area contributed by atoms with Crippen molar-refractivity contribution < 1.29 is 13.9 Å². The molecule has 2 heterocycles. The smallest absolute Gasteiger partial charge is 0.141 e. The predicted octanol–water partition coefficient (Wildman–Crippen LogP) is 1.94. The highest BCUT2D eigenvalue weighted by atomic mass is 19.1. The Morgan fingerprint density at radius 1 is 1.21 bits per heavy atom. The number of nitrogens with one attached hydrogen (secondary N) is 1. The molecule has 3 nitrogen and oxygen atoms in total. The zero-order valence-corrected chi connectivity index (χ0v) is 10.3. The maximum absolute atomic E-state index is 14.0. The van der Waals surface area contributed by atoms with Gasteiger partial charge >= 0.3 is 0 Å². The van der Waals surface area contributed by atoms with Crippen LogP contribution in [0.4, 0.5) is 8.78 Å². The molecule has 0 radical (unpaired) electrons. The summed E-state index contributed by atoms with van der Waals surface area (Å²) in [5.41, 5.74) is -1.69. The standard InChI is InChI=1S/C14H14F2N2O/c15-12-4-11(13(16)3-8(12)7-17)14(19)5-9-1-2-10(6-14)18-9/h3-4,9-10,18-19H,1-2,5-6H2. The molecule has 3 rings (SSSR count). The van der Waals surface area contributed by atoms with Crippen molar-refractivity contribution in [2.24, 2.45) is 0 Å². The zero-order chi connectivity index (χ0) is 13.6. The van der Waals surface area contributed by atoms with Gasteiger partial charge in [0, 0.05) is 17.6 Å². The normalized spacial score (nSPS) is 33.2. The van der Waals surface area contributed by atoms with Gasteiger partial charge in [0.05, 0.1) is 11.2 Å². The molecule has 1 aromatic rings. The fourth-order valence-corrected chi connectivity index (χ4v) is 3.33. The van der Waals surface area contributed by atoms with Crippen LogP contribution in [0.2, 0.25) is 0 Å². The number of nitrogens with zero attached hydrogens (tertiary/aromatic N) is 1. The number of piperidine rings is 1. The largest absolute Gasteiger partial charge is 0.385 e. The van der Waals surface area contributed by atoms with E-state index in [2.05, 4.69) is 5.32 Å². The van der Waals surface area contributed by atoms with Crippen LogP contribution in [-0.2, 0) is 5.60 Å². The van der Waals surface area contributed by atoms with Gasteiger partial charge in [-0.15, -0.1) is 0 Å². The van der Waals surface area contributed by atoms with Crippen LogP contribution in [0, 0.1) is 23.0 Å². The lowest BCUT2D eigenvalue weighted by Crippen LogP contribution is -2.47. The molecule has 0 amide bonds. The predicted molar refractivity (Wildman–Crippen MR) is 64.1 cm³/mol. The zero-order valence-electron chi connectivity index (χ0n) is 10.3. The molecule has 2 fully saturated rings. The molecule has 0 spiro atoms. The molecule has 2 atom stereocenters. The van der Waals surface area contributed by atoms with Crippen molar-refractivity contribution in [1.82, 2.24) is 5.32 Å². The summed E-state index contributed by atoms with van der Waals surface area (Å²) in [6.45, 7) is 0. The van der Waals surface area contributed by atoms with Gasteiger partial charge in [-0.3, -0.25) is 0 Å². The Kier molecular flexibility index (Phi) is 2.80. The van der Waals surface area contributed by atoms with Crippen LogP contribution in [0.3, 0.4) is 0 Å². The highest BCUT2D eigenvalue weighted by molar-refractivity contribution is 5.37. The van der Waals surface area contributed by atoms with E-state index in [9.17, 15) is 13.9 Å². The lowest BCUT2D eigenvalue weighted by atomic mass is 9.81. The van der Waals surface area contributed by atoms with Gasteiger partial charge < -0.3 is 10.4 Å². The number of benzene rings is 1. The number of hydrogen-bond donors (Lipinski definition) is 2. The molecule has 2 bridgehead atoms. The minimum Gasteiger partial charge on any atom is -0.385 e. The second-order valence-corrected chi connectivity index (χ2v) is 5.50. The van der Waals surface area contributed by atoms with Crippen molar-refractivity contribution >= 4 is 0 Å². The van der Waals surface area contributed by atoms with E-state index in [1.165, 1.54) is 0 Å². The molecule has 2 N–H and O–H groups in total. The Labute approximate surface area is 109 Å². The molecule has 5 heteroatoms. The van der Waals surface area contributed by atoms with Gasteiger partial charge in [-0.1, -0.05) is 0 Å². The van der Waals surface area contributed by atoms with Crippen LogP contribution in [0.25, 0.3) is 0 Å². The summed E-state index contributed by atoms with van der Waals surface area (Å²) in [7, 11) is 0. The quantitative estimate of drug-likeness (QED) is 0.815. The number of fused-ring (bicyclic) bond motifs is 2. The van der Waals surface area contributed by atoms with Gasteiger partial charge in [0.2, 0.25) is 0 Å². The third-order valence-electron chi connectivity index (χ3n) is 4.18. The van der Waals surface area contributed by atoms with Crippen LogP contribution in [0.5, 0.6) is 0 Å². The monoisotopic (exact) mass is 264 g/mol. The molecular weight excluding hydrogens is 250 g/mol. The lowest BCUT2D eigenvalue weighted by molar-refractivity contribution is -0.0146. The van der Waals surface area contributed by atoms with Crippen molar-refractivity contribution in [2.75, 3.05) is 0 Å². The maximum atomic E-state index is 14.0. The number of halogens is 2. The SMILES string of the molecule is N#Cc1cc(F)c(C2(O)CC3CCC(C2)N3)cc1F. The Morgan fingerprint density at radius 2 is 1.84 bits per heavy atom. The fraction of sp³-hybridized carbons (Fsp3) is 0.500. The van der Waals surface area contributed by atoms with Gasteiger partial charge in [0.1, 0.15) is 17.7 Å². The summed E-state index contributed by atoms with van der Waals surface area (Å²) in [5.74, 6) is -1.49. The first-order valence-electron chi connectivity index (χ1n) is 6.40. The van der Waals surface area contributed by atoms with Gasteiger partial charge in [0.25, 0.3) is 0 Å². The highest BCUT2D eigenvalue weighted by Gasteiger charge is 2.45. The van der Waals surface area contributed by atoms with Crippen molar-refractivity contribution in [3.63, 3.8) is 0 Å². The van der Waals surface area contributed by atoms with Crippen LogP contribution < -0.4 is 5.32 Å². The van der Waals surface area contributed by atoms with E-state index in [-0.39, 0.29) is 23.2 Å². The average Bonchev–Trinajstić information content (AvgIpc) is 2.71. The molecular formula is C14H14F2N2O. The third kappa shape index (κ3) is 2.01. The van der Waals surface area contributed by atoms with E-state index in [4.69, 9.17) is 5.26 Å². The average molecular weight is 264 g/mol. The molecule has 2 saturated heterocycles. The van der Waals surface area contributed by atoms with Gasteiger partial charge in [-0.25, -0.2) is 8.78 Å². The molecule has 100 valence electrons. The Balaban J connectivity index is 2.02. The van der Waals surface area contributed by atoms with Crippen molar-refractivity contribution in [1.29, 1.82) is 5.26 Å². The summed E-state index contributed by atoms with van der Waals surface area (Å²) in [6, 6.07) is 3.75. The van der Waals surface area contributed by atoms with Crippen molar-refractivity contribution in [2.45, 2.75) is 43.4 Å². The lowest BCUT2D eigenvalue weighted by Gasteiger charge is -2.37. The van der Waals surface area contributed by atoms with E-state index >= 15 is 0 Å². The van der Waals surface area contributed by atoms with E-state index < -0.39 is 17.2 Å². The number of nitriles is 1. The van der Waals surface area contributed by atoms with Crippen molar-refractivity contribution in [3.8, 4) is 6.07 Å². The topological polar surface area (TPSA) is 56.0 Å². The molecule has 0 saturated carbocycles. The Morgan fingerprint density at radius 3 is 2.42 bits per heavy atom. The van der Waals surface area contributed by atoms with Crippen LogP contribution >= 0.6 is 0 Å². The molecule has 2 aliphatic heterocycles. The summed E-state index contributed by atoms with van der Waals surface area (Å²) in [6.07, 6.45) is 2.66. The second-order valence-electron chi connectivity index (χ2n) is 5.50. The van der Waals surface area contributed by atoms with Gasteiger partial charge in [0.15, 0.2) is 0 Å². The van der Waals surface area contributed by atoms with Gasteiger partial charge in [-0.05, 0) is 37.8 Å². The van der Waals surface area contributed by atoms with Crippen LogP contribution in [0.15, 0.2) is 12.1 Å². The summed E-state index contributed by atoms with van der Waals surface area (Å²) >= 11 is 0. The van der Waals surface area contributed by atoms with Crippen LogP contribution in [-0.4, -0.2) is 17.2 Å². The number of hydrogen-bond acceptors (Lipinski definition) is 3. The molecule has 0 aromatic heterocycles. The minimum atomic E-state index is -1.34. The Hall–Kier alpha value is -1.51. The first-order valence-corrected chi connectivity index (χ1v) is 6.40. The van der Waals surface area contributed by atoms with E-state index in [0.29, 0.717) is 12.8 Å². The number of rotatable bonds is 1. The third-order valence-corrected chi connectivity index (χ3v) is 4.18. The maximum Gasteiger partial charge on any atom is 0.141 e. The first-order chi connectivity index (χ1) is 9.01. The summed E-state index contributed by atoms with van der Waals surface area (Å²) in [4.78, 5) is 0. The molecule has 19 heavy (non-hydrogen) atoms. The molecule has 0 aliphatic carbocycles. The Bertz CT molecular complexity index is 555. The molecule has 1 aromatic carbocycles. The van der Waals surface area contributed by atoms with E-state index in [1.807, 2.05) is 0 Å². The van der Waals surface area contributed by atoms with Crippen LogP contribution in [0.1, 0.15) is 36.8 Å². The van der Waals surface area contributed by atoms with Gasteiger partial charge in [-0.2, -0.15) is 5.26 Å². The molecule has 2 aliphatic rings. The summed E-state index contributed by atoms with van der Waals surface area (Å²) in [5, 5.41) is 22.7. The second kappa shape index (κ2) is 4.26. The number of aliphatic hydroxyl groups is 1. The summed E-state index contributed by atoms with van der Waals surface area (Å²) < 4.78 is 27.7. The fourth-order valence-electron chi connectivity index (χ4n) is 3.33. The minimum absolute atomic E-state index is 0.0256. The van der Waals surface area contributed by atoms with Crippen molar-refractivity contribution in [3.05, 3.63) is 34.9 Å². The highest BCUT2D eigenvalue weighted by Crippen LogP contribution is 2.41. The first kappa shape index (κ1) is 12.5. The van der Waals surface area contributed by atoms with E-state index in [0.717, 1.165) is 25.0 Å². The molecule has 2 unspecified atom stereocenters. The van der Waals surface area contributed by atoms with E-state index in [1.54, 1.807) is 6.07 Å².